The van der Waals surface area contributed by atoms with Gasteiger partial charge in [-0.25, -0.2) is 0 Å². The van der Waals surface area contributed by atoms with Gasteiger partial charge in [-0.15, -0.1) is 0 Å². The predicted molar refractivity (Wildman–Crippen MR) is 74.2 cm³/mol. The first-order chi connectivity index (χ1) is 8.21. The zero-order chi connectivity index (χ0) is 12.4. The molecule has 1 amide bonds. The summed E-state index contributed by atoms with van der Waals surface area (Å²) in [5.74, 6) is 2.58. The largest absolute Gasteiger partial charge is 0.339 e. The molecule has 0 aromatic heterocycles. The topological polar surface area (TPSA) is 20.3 Å². The van der Waals surface area contributed by atoms with Crippen LogP contribution in [-0.2, 0) is 4.79 Å². The van der Waals surface area contributed by atoms with Crippen LogP contribution in [0.1, 0.15) is 46.0 Å². The van der Waals surface area contributed by atoms with E-state index >= 15 is 0 Å². The number of hydrogen-bond acceptors (Lipinski definition) is 1. The summed E-state index contributed by atoms with van der Waals surface area (Å²) in [6.45, 7) is 5.25. The normalized spacial score (nSPS) is 30.5. The minimum absolute atomic E-state index is 0.346. The maximum atomic E-state index is 12.6. The van der Waals surface area contributed by atoms with Crippen molar-refractivity contribution in [3.8, 4) is 0 Å². The molecule has 17 heavy (non-hydrogen) atoms. The molecule has 0 spiro atoms. The highest BCUT2D eigenvalue weighted by molar-refractivity contribution is 9.09. The van der Waals surface area contributed by atoms with E-state index in [0.717, 1.165) is 36.6 Å². The van der Waals surface area contributed by atoms with Crippen LogP contribution in [0.4, 0.5) is 0 Å². The summed E-state index contributed by atoms with van der Waals surface area (Å²) in [4.78, 5) is 14.7. The van der Waals surface area contributed by atoms with E-state index in [1.165, 1.54) is 19.3 Å². The van der Waals surface area contributed by atoms with Crippen molar-refractivity contribution in [2.75, 3.05) is 11.9 Å². The molecule has 0 bridgehead atoms. The van der Waals surface area contributed by atoms with Crippen molar-refractivity contribution < 1.29 is 4.79 Å². The van der Waals surface area contributed by atoms with Gasteiger partial charge in [0, 0.05) is 23.8 Å². The molecule has 2 atom stereocenters. The fourth-order valence-electron chi connectivity index (χ4n) is 3.44. The summed E-state index contributed by atoms with van der Waals surface area (Å²) in [6.07, 6.45) is 5.89. The lowest BCUT2D eigenvalue weighted by Gasteiger charge is -2.32. The summed E-state index contributed by atoms with van der Waals surface area (Å²) >= 11 is 3.48. The number of carbonyl (C=O) groups is 1. The number of nitrogens with zero attached hydrogens (tertiary/aromatic N) is 1. The number of alkyl halides is 1. The van der Waals surface area contributed by atoms with E-state index in [2.05, 4.69) is 34.7 Å². The van der Waals surface area contributed by atoms with Crippen LogP contribution in [-0.4, -0.2) is 28.7 Å². The van der Waals surface area contributed by atoms with Gasteiger partial charge in [-0.3, -0.25) is 4.79 Å². The number of fused-ring (bicyclic) bond motifs is 1. The maximum absolute atomic E-state index is 12.6. The SMILES string of the molecule is CCC(CC)N(CCBr)C(=O)C1CC2CC2C1. The number of carbonyl (C=O) groups excluding carboxylic acids is 1. The molecule has 0 radical (unpaired) electrons. The van der Waals surface area contributed by atoms with Crippen molar-refractivity contribution in [1.82, 2.24) is 4.90 Å². The monoisotopic (exact) mass is 301 g/mol. The van der Waals surface area contributed by atoms with Crippen LogP contribution in [0, 0.1) is 17.8 Å². The van der Waals surface area contributed by atoms with Gasteiger partial charge in [-0.1, -0.05) is 29.8 Å². The Kier molecular flexibility index (Phi) is 4.51. The number of hydrogen-bond donors (Lipinski definition) is 0. The summed E-state index contributed by atoms with van der Waals surface area (Å²) in [7, 11) is 0. The molecule has 2 aliphatic rings. The van der Waals surface area contributed by atoms with Crippen LogP contribution in [0.15, 0.2) is 0 Å². The summed E-state index contributed by atoms with van der Waals surface area (Å²) in [5.41, 5.74) is 0. The third-order valence-electron chi connectivity index (χ3n) is 4.58. The van der Waals surface area contributed by atoms with Gasteiger partial charge in [-0.2, -0.15) is 0 Å². The molecule has 2 rings (SSSR count). The van der Waals surface area contributed by atoms with Gasteiger partial charge in [0.2, 0.25) is 5.91 Å². The van der Waals surface area contributed by atoms with Crippen LogP contribution >= 0.6 is 15.9 Å². The lowest BCUT2D eigenvalue weighted by atomic mass is 9.99. The van der Waals surface area contributed by atoms with E-state index in [9.17, 15) is 4.79 Å². The molecule has 0 saturated heterocycles. The molecule has 98 valence electrons. The lowest BCUT2D eigenvalue weighted by molar-refractivity contribution is -0.138. The molecule has 0 N–H and O–H groups in total. The number of halogens is 1. The Morgan fingerprint density at radius 2 is 1.82 bits per heavy atom. The second-order valence-electron chi connectivity index (χ2n) is 5.62. The second-order valence-corrected chi connectivity index (χ2v) is 6.41. The first-order valence-electron chi connectivity index (χ1n) is 7.07. The zero-order valence-corrected chi connectivity index (χ0v) is 12.6. The molecule has 0 aromatic rings. The van der Waals surface area contributed by atoms with Gasteiger partial charge in [0.05, 0.1) is 0 Å². The zero-order valence-electron chi connectivity index (χ0n) is 11.0. The highest BCUT2D eigenvalue weighted by Crippen LogP contribution is 2.54. The average molecular weight is 302 g/mol. The fourth-order valence-corrected chi connectivity index (χ4v) is 3.83. The Balaban J connectivity index is 1.96. The van der Waals surface area contributed by atoms with Crippen molar-refractivity contribution >= 4 is 21.8 Å². The first-order valence-corrected chi connectivity index (χ1v) is 8.19. The van der Waals surface area contributed by atoms with Crippen molar-refractivity contribution in [2.45, 2.75) is 52.0 Å². The Hall–Kier alpha value is -0.0500. The van der Waals surface area contributed by atoms with E-state index in [4.69, 9.17) is 0 Å². The highest BCUT2D eigenvalue weighted by atomic mass is 79.9. The minimum Gasteiger partial charge on any atom is -0.339 e. The molecule has 2 saturated carbocycles. The Labute approximate surface area is 113 Å². The quantitative estimate of drug-likeness (QED) is 0.688. The molecule has 0 aromatic carbocycles. The van der Waals surface area contributed by atoms with Crippen LogP contribution in [0.2, 0.25) is 0 Å². The average Bonchev–Trinajstić information content (AvgIpc) is 2.95. The van der Waals surface area contributed by atoms with E-state index in [-0.39, 0.29) is 0 Å². The molecule has 2 unspecified atom stereocenters. The van der Waals surface area contributed by atoms with E-state index in [1.807, 2.05) is 0 Å². The maximum Gasteiger partial charge on any atom is 0.225 e. The van der Waals surface area contributed by atoms with Crippen LogP contribution in [0.25, 0.3) is 0 Å². The Morgan fingerprint density at radius 1 is 1.24 bits per heavy atom. The van der Waals surface area contributed by atoms with E-state index in [0.29, 0.717) is 17.9 Å². The molecule has 2 fully saturated rings. The predicted octanol–water partition coefficient (Wildman–Crippen LogP) is 3.44. The number of rotatable bonds is 6. The third-order valence-corrected chi connectivity index (χ3v) is 4.94. The second kappa shape index (κ2) is 5.73. The van der Waals surface area contributed by atoms with Gasteiger partial charge >= 0.3 is 0 Å². The Bertz CT molecular complexity index is 267. The minimum atomic E-state index is 0.346. The first kappa shape index (κ1) is 13.4. The van der Waals surface area contributed by atoms with Crippen molar-refractivity contribution in [3.05, 3.63) is 0 Å². The van der Waals surface area contributed by atoms with Gasteiger partial charge in [0.1, 0.15) is 0 Å². The fraction of sp³-hybridized carbons (Fsp3) is 0.929. The molecular weight excluding hydrogens is 278 g/mol. The molecule has 0 heterocycles. The van der Waals surface area contributed by atoms with Crippen LogP contribution in [0.5, 0.6) is 0 Å². The van der Waals surface area contributed by atoms with Crippen LogP contribution in [0.3, 0.4) is 0 Å². The Morgan fingerprint density at radius 3 is 2.29 bits per heavy atom. The summed E-state index contributed by atoms with van der Waals surface area (Å²) in [6, 6.07) is 0.442. The molecule has 0 aliphatic heterocycles. The highest BCUT2D eigenvalue weighted by Gasteiger charge is 2.49. The third kappa shape index (κ3) is 2.86. The van der Waals surface area contributed by atoms with Gasteiger partial charge in [0.25, 0.3) is 0 Å². The number of amides is 1. The molecule has 3 heteroatoms. The summed E-state index contributed by atoms with van der Waals surface area (Å²) in [5, 5.41) is 0.898. The molecular formula is C14H24BrNO. The van der Waals surface area contributed by atoms with Gasteiger partial charge in [0.15, 0.2) is 0 Å². The van der Waals surface area contributed by atoms with Crippen molar-refractivity contribution in [3.63, 3.8) is 0 Å². The van der Waals surface area contributed by atoms with Crippen LogP contribution < -0.4 is 0 Å². The summed E-state index contributed by atoms with van der Waals surface area (Å²) < 4.78 is 0. The van der Waals surface area contributed by atoms with Gasteiger partial charge in [-0.05, 0) is 43.9 Å². The smallest absolute Gasteiger partial charge is 0.225 e. The lowest BCUT2D eigenvalue weighted by Crippen LogP contribution is -2.44. The van der Waals surface area contributed by atoms with E-state index < -0.39 is 0 Å². The van der Waals surface area contributed by atoms with E-state index in [1.54, 1.807) is 0 Å². The molecule has 2 aliphatic carbocycles. The van der Waals surface area contributed by atoms with Crippen molar-refractivity contribution in [1.29, 1.82) is 0 Å². The van der Waals surface area contributed by atoms with Gasteiger partial charge < -0.3 is 4.90 Å². The standard InChI is InChI=1S/C14H24BrNO/c1-3-13(4-2)16(6-5-15)14(17)12-8-10-7-11(10)9-12/h10-13H,3-9H2,1-2H3. The molecule has 2 nitrogen and oxygen atoms in total. The van der Waals surface area contributed by atoms with Crippen molar-refractivity contribution in [2.24, 2.45) is 17.8 Å².